The third-order valence-electron chi connectivity index (χ3n) is 4.38. The molecular formula is C16H36OSi. The van der Waals surface area contributed by atoms with E-state index in [1.54, 1.807) is 0 Å². The van der Waals surface area contributed by atoms with Crippen LogP contribution < -0.4 is 0 Å². The lowest BCUT2D eigenvalue weighted by atomic mass is 9.82. The molecule has 0 amide bonds. The highest BCUT2D eigenvalue weighted by Gasteiger charge is 2.24. The molecule has 0 rings (SSSR count). The second-order valence-corrected chi connectivity index (χ2v) is 6.92. The van der Waals surface area contributed by atoms with E-state index in [9.17, 15) is 0 Å². The molecule has 0 aliphatic carbocycles. The van der Waals surface area contributed by atoms with Crippen LogP contribution in [0.25, 0.3) is 0 Å². The van der Waals surface area contributed by atoms with Gasteiger partial charge in [-0.3, -0.25) is 0 Å². The largest absolute Gasteiger partial charge is 0.425 e. The zero-order valence-corrected chi connectivity index (χ0v) is 15.6. The predicted molar refractivity (Wildman–Crippen MR) is 86.1 cm³/mol. The maximum Gasteiger partial charge on any atom is 0.146 e. The normalized spacial score (nSPS) is 14.0. The van der Waals surface area contributed by atoms with Crippen molar-refractivity contribution in [1.29, 1.82) is 0 Å². The molecule has 0 N–H and O–H groups in total. The van der Waals surface area contributed by atoms with Gasteiger partial charge >= 0.3 is 0 Å². The quantitative estimate of drug-likeness (QED) is 0.372. The molecule has 0 aromatic heterocycles. The van der Waals surface area contributed by atoms with Gasteiger partial charge in [0.15, 0.2) is 0 Å². The van der Waals surface area contributed by atoms with Gasteiger partial charge in [0.2, 0.25) is 0 Å². The summed E-state index contributed by atoms with van der Waals surface area (Å²) in [5.41, 5.74) is 0.364. The highest BCUT2D eigenvalue weighted by atomic mass is 28.2. The Kier molecular flexibility index (Phi) is 11.1. The molecule has 0 aromatic carbocycles. The Morgan fingerprint density at radius 1 is 0.889 bits per heavy atom. The summed E-state index contributed by atoms with van der Waals surface area (Å²) in [5.74, 6) is 0. The average Bonchev–Trinajstić information content (AvgIpc) is 2.35. The van der Waals surface area contributed by atoms with Crippen LogP contribution in [0.2, 0.25) is 0 Å². The minimum Gasteiger partial charge on any atom is -0.425 e. The van der Waals surface area contributed by atoms with E-state index < -0.39 is 0 Å². The second-order valence-electron chi connectivity index (χ2n) is 6.44. The van der Waals surface area contributed by atoms with Gasteiger partial charge in [0.1, 0.15) is 10.5 Å². The fraction of sp³-hybridized carbons (Fsp3) is 1.00. The lowest BCUT2D eigenvalue weighted by Crippen LogP contribution is -2.28. The van der Waals surface area contributed by atoms with Crippen LogP contribution in [-0.2, 0) is 4.43 Å². The van der Waals surface area contributed by atoms with Crippen LogP contribution in [0.4, 0.5) is 0 Å². The Morgan fingerprint density at radius 2 is 1.33 bits per heavy atom. The molecule has 0 heterocycles. The maximum atomic E-state index is 5.59. The topological polar surface area (TPSA) is 9.23 Å². The first-order chi connectivity index (χ1) is 8.54. The van der Waals surface area contributed by atoms with Crippen molar-refractivity contribution in [2.45, 2.75) is 98.0 Å². The molecule has 18 heavy (non-hydrogen) atoms. The van der Waals surface area contributed by atoms with Gasteiger partial charge in [-0.15, -0.1) is 0 Å². The molecule has 1 nitrogen and oxygen atoms in total. The van der Waals surface area contributed by atoms with Gasteiger partial charge in [-0.05, 0) is 18.8 Å². The van der Waals surface area contributed by atoms with Crippen LogP contribution in [-0.4, -0.2) is 16.6 Å². The summed E-state index contributed by atoms with van der Waals surface area (Å²) >= 11 is 0. The minimum atomic E-state index is 0.364. The number of rotatable bonds is 12. The Labute approximate surface area is 119 Å². The third-order valence-corrected chi connectivity index (χ3v) is 5.09. The Hall–Kier alpha value is 0.177. The van der Waals surface area contributed by atoms with Crippen molar-refractivity contribution in [2.75, 3.05) is 0 Å². The average molecular weight is 273 g/mol. The minimum absolute atomic E-state index is 0.364. The Bertz CT molecular complexity index is 180. The van der Waals surface area contributed by atoms with Crippen LogP contribution in [0.15, 0.2) is 0 Å². The molecule has 0 spiro atoms. The maximum absolute atomic E-state index is 5.59. The number of hydrogen-bond donors (Lipinski definition) is 0. The third kappa shape index (κ3) is 9.15. The summed E-state index contributed by atoms with van der Waals surface area (Å²) in [6.45, 7) is 9.20. The van der Waals surface area contributed by atoms with E-state index in [0.29, 0.717) is 11.5 Å². The highest BCUT2D eigenvalue weighted by Crippen LogP contribution is 2.29. The van der Waals surface area contributed by atoms with Crippen LogP contribution in [0.5, 0.6) is 0 Å². The van der Waals surface area contributed by atoms with Gasteiger partial charge in [0, 0.05) is 6.10 Å². The summed E-state index contributed by atoms with van der Waals surface area (Å²) in [4.78, 5) is 0. The zero-order chi connectivity index (χ0) is 13.9. The molecule has 2 heteroatoms. The van der Waals surface area contributed by atoms with E-state index in [4.69, 9.17) is 4.43 Å². The van der Waals surface area contributed by atoms with E-state index in [2.05, 4.69) is 27.7 Å². The highest BCUT2D eigenvalue weighted by molar-refractivity contribution is 5.98. The van der Waals surface area contributed by atoms with E-state index in [1.807, 2.05) is 0 Å². The molecule has 0 saturated heterocycles. The van der Waals surface area contributed by atoms with Gasteiger partial charge < -0.3 is 4.43 Å². The summed E-state index contributed by atoms with van der Waals surface area (Å²) in [5, 5.41) is 0. The molecule has 0 aliphatic rings. The van der Waals surface area contributed by atoms with Gasteiger partial charge in [0.25, 0.3) is 0 Å². The fourth-order valence-corrected chi connectivity index (χ4v) is 3.05. The van der Waals surface area contributed by atoms with Gasteiger partial charge in [-0.25, -0.2) is 0 Å². The van der Waals surface area contributed by atoms with E-state index in [-0.39, 0.29) is 0 Å². The lowest BCUT2D eigenvalue weighted by molar-refractivity contribution is 0.0882. The molecular weight excluding hydrogens is 236 g/mol. The summed E-state index contributed by atoms with van der Waals surface area (Å²) in [6.07, 6.45) is 14.5. The molecule has 0 aromatic rings. The van der Waals surface area contributed by atoms with Crippen molar-refractivity contribution in [1.82, 2.24) is 0 Å². The molecule has 0 aliphatic heterocycles. The number of unbranched alkanes of at least 4 members (excludes halogenated alkanes) is 8. The molecule has 1 atom stereocenters. The van der Waals surface area contributed by atoms with Crippen LogP contribution in [0.3, 0.4) is 0 Å². The lowest BCUT2D eigenvalue weighted by Gasteiger charge is -2.31. The summed E-state index contributed by atoms with van der Waals surface area (Å²) in [6, 6.07) is 0. The van der Waals surface area contributed by atoms with Crippen molar-refractivity contribution in [2.24, 2.45) is 5.41 Å². The molecule has 0 saturated carbocycles. The van der Waals surface area contributed by atoms with Gasteiger partial charge in [-0.1, -0.05) is 78.6 Å². The molecule has 0 bridgehead atoms. The number of hydrogen-bond acceptors (Lipinski definition) is 1. The summed E-state index contributed by atoms with van der Waals surface area (Å²) in [7, 11) is 0.865. The fourth-order valence-electron chi connectivity index (χ4n) is 2.41. The standard InChI is InChI=1S/C16H36OSi/c1-5-6-7-8-9-10-11-12-13-14-16(3,4)15(2)17-18/h15H,5-14H2,1-4,18H3. The smallest absolute Gasteiger partial charge is 0.146 e. The summed E-state index contributed by atoms with van der Waals surface area (Å²) < 4.78 is 5.59. The van der Waals surface area contributed by atoms with Crippen molar-refractivity contribution >= 4 is 10.5 Å². The van der Waals surface area contributed by atoms with Crippen molar-refractivity contribution in [3.63, 3.8) is 0 Å². The molecule has 0 fully saturated rings. The monoisotopic (exact) mass is 272 g/mol. The zero-order valence-electron chi connectivity index (χ0n) is 13.6. The van der Waals surface area contributed by atoms with Crippen LogP contribution in [0.1, 0.15) is 91.9 Å². The van der Waals surface area contributed by atoms with Crippen molar-refractivity contribution < 1.29 is 4.43 Å². The molecule has 1 unspecified atom stereocenters. The van der Waals surface area contributed by atoms with Crippen LogP contribution >= 0.6 is 0 Å². The Morgan fingerprint density at radius 3 is 1.78 bits per heavy atom. The second kappa shape index (κ2) is 11.0. The first-order valence-electron chi connectivity index (χ1n) is 8.07. The van der Waals surface area contributed by atoms with Crippen molar-refractivity contribution in [3.05, 3.63) is 0 Å². The molecule has 0 radical (unpaired) electrons. The van der Waals surface area contributed by atoms with Gasteiger partial charge in [-0.2, -0.15) is 0 Å². The first kappa shape index (κ1) is 18.2. The predicted octanol–water partition coefficient (Wildman–Crippen LogP) is 4.62. The van der Waals surface area contributed by atoms with E-state index >= 15 is 0 Å². The van der Waals surface area contributed by atoms with Crippen LogP contribution in [0, 0.1) is 5.41 Å². The van der Waals surface area contributed by atoms with Gasteiger partial charge in [0.05, 0.1) is 0 Å². The van der Waals surface area contributed by atoms with Crippen molar-refractivity contribution in [3.8, 4) is 0 Å². The van der Waals surface area contributed by atoms with E-state index in [1.165, 1.54) is 64.2 Å². The Balaban J connectivity index is 3.34. The first-order valence-corrected chi connectivity index (χ1v) is 8.89. The molecule has 110 valence electrons. The van der Waals surface area contributed by atoms with E-state index in [0.717, 1.165) is 10.5 Å². The SMILES string of the molecule is CCCCCCCCCCCC(C)(C)C(C)O[SiH3].